The average Bonchev–Trinajstić information content (AvgIpc) is 1.54. The van der Waals surface area contributed by atoms with E-state index in [-0.39, 0.29) is 74.5 Å². The highest BCUT2D eigenvalue weighted by Crippen LogP contribution is 2.76. The molecule has 0 bridgehead atoms. The molecule has 0 radical (unpaired) electrons. The molecule has 23 nitrogen and oxygen atoms in total. The van der Waals surface area contributed by atoms with Gasteiger partial charge in [0.15, 0.2) is 81.1 Å². The number of fused-ring (bicyclic) bond motifs is 19. The molecule has 0 aromatic heterocycles. The van der Waals surface area contributed by atoms with Gasteiger partial charge in [0.1, 0.15) is 44.6 Å². The number of carbonyl (C=O) groups excluding carboxylic acids is 7. The molecule has 0 amide bonds. The quantitative estimate of drug-likeness (QED) is 0.0258. The van der Waals surface area contributed by atoms with Gasteiger partial charge in [-0.1, -0.05) is 129 Å². The fourth-order valence-corrected chi connectivity index (χ4v) is 27.1. The van der Waals surface area contributed by atoms with Crippen LogP contribution >= 0.6 is 0 Å². The lowest BCUT2D eigenvalue weighted by atomic mass is 9.44. The maximum Gasteiger partial charge on any atom is 0.193 e. The molecule has 29 heteroatoms. The molecular weight excluding hydrogens is 1720 g/mol. The number of aliphatic hydroxyl groups excluding tert-OH is 7. The first-order valence-corrected chi connectivity index (χ1v) is 45.3. The lowest BCUT2D eigenvalue weighted by molar-refractivity contribution is -0.235. The first kappa shape index (κ1) is 94.5. The van der Waals surface area contributed by atoms with Crippen LogP contribution in [0.2, 0.25) is 0 Å². The van der Waals surface area contributed by atoms with E-state index in [0.717, 1.165) is 65.3 Å². The molecule has 0 spiro atoms. The van der Waals surface area contributed by atoms with Crippen LogP contribution in [0.5, 0.6) is 0 Å². The van der Waals surface area contributed by atoms with Gasteiger partial charge in [-0.25, -0.2) is 26.3 Å². The topological polar surface area (TPSA) is 394 Å². The minimum Gasteiger partial charge on any atom is -0.399 e. The van der Waals surface area contributed by atoms with E-state index in [9.17, 15) is 74.4 Å². The number of Topliss-reactive ketones (excluding diaryl/α,β-unsaturated/α-hetero) is 3. The Morgan fingerprint density at radius 3 is 1.17 bits per heavy atom. The molecule has 2 aliphatic heterocycles. The van der Waals surface area contributed by atoms with Gasteiger partial charge in [0.2, 0.25) is 0 Å². The number of anilines is 6. The summed E-state index contributed by atoms with van der Waals surface area (Å²) in [4.78, 5) is 86.3. The molecule has 20 rings (SSSR count). The van der Waals surface area contributed by atoms with Crippen molar-refractivity contribution in [3.05, 3.63) is 250 Å². The van der Waals surface area contributed by atoms with Crippen molar-refractivity contribution in [3.8, 4) is 0 Å². The molecule has 6 aromatic rings. The zero-order valence-corrected chi connectivity index (χ0v) is 74.6. The van der Waals surface area contributed by atoms with Gasteiger partial charge in [0.25, 0.3) is 0 Å². The Kier molecular flexibility index (Phi) is 24.1. The monoisotopic (exact) mass is 1830 g/mol. The molecule has 133 heavy (non-hydrogen) atoms. The fraction of sp³-hybridized carbons (Fsp3) is 0.471. The second-order valence-electron chi connectivity index (χ2n) is 40.2. The first-order valence-electron chi connectivity index (χ1n) is 45.3. The standard InChI is InChI=1S/2C34H36F2N2O6.C21H26F2O6.C15H14O/c2*1-31-11-10-22(40)13-25(31)26(35)14-24-23-15-29-34(28(42)17-39,32(23,2)16-27(41)33(24,31)36)44-30(43-29)18-6-8-20(9-7-18)38-21-5-3-4-19(37)12-21;1-18-4-3-10(25)5-13(18)14(22)6-12-11-7-15(26)21(29,17(28)9-24)19(11,2)8-16(27)20(12,18)23;1-12-3-2-4-15(9-12)10-13-5-7-14(11-16)8-6-13/h2*3-13,23-24,26-27,29-30,38-39,41H,14-17,37H2,1-2H3;3-5,11-12,14-16,24,26-27,29H,6-9H2,1-2H3;2-9,11H,10H2,1H3/t23-,24-,26-,27-,29+,30+,31-,32-,33-,34+;23-,24-,26-,27-,29+,30-,31-,32-,33-,34+;11-,12-,14-,15+,16-,18-,19-,20-,21-;/m000./s1. The van der Waals surface area contributed by atoms with Crippen LogP contribution in [0.3, 0.4) is 0 Å². The SMILES string of the molecule is C[C@]12C=CC(=O)C=C1[C@@H](F)C[C@H]1[C@@H]3C[C@@H](O)[C@](O)(C(=O)CO)[C@@]3(C)C[C@H](O)[C@@]12F.C[C@]12C=CC(=O)C=C1[C@@H](F)C[C@H]1[C@@H]3C[C@H]4O[C@@H](c5ccc(Nc6cccc(N)c6)cc5)O[C@@]4(C(=O)CO)[C@@]3(C)C[C@H](O)[C@@]12F.C[C@]12C=CC(=O)C=C1[C@@H](F)C[C@H]1[C@@H]3C[C@H]4O[C@H](c5ccc(Nc6cccc(N)c6)cc5)O[C@@]4(C(=O)CO)[C@@]3(C)C[C@H](O)[C@@]12F.Cc1cccc(Cc2ccc(C=O)cc2)c1. The first-order chi connectivity index (χ1) is 62.9. The number of hydrogen-bond acceptors (Lipinski definition) is 23. The Labute approximate surface area is 765 Å². The van der Waals surface area contributed by atoms with Gasteiger partial charge < -0.3 is 81.9 Å². The number of nitrogens with one attached hydrogen (secondary N) is 2. The number of alkyl halides is 6. The normalized spacial score (nSPS) is 40.8. The highest BCUT2D eigenvalue weighted by molar-refractivity contribution is 6.03. The van der Waals surface area contributed by atoms with E-state index in [2.05, 4.69) is 41.8 Å². The predicted molar refractivity (Wildman–Crippen MR) is 479 cm³/mol. The van der Waals surface area contributed by atoms with Gasteiger partial charge in [0, 0.05) is 101 Å². The van der Waals surface area contributed by atoms with Crippen LogP contribution in [0.15, 0.2) is 217 Å². The Hall–Kier alpha value is -10.3. The number of aliphatic hydroxyl groups is 8. The molecule has 2 heterocycles. The summed E-state index contributed by atoms with van der Waals surface area (Å²) in [7, 11) is 0. The third kappa shape index (κ3) is 14.2. The van der Waals surface area contributed by atoms with Gasteiger partial charge in [-0.2, -0.15) is 0 Å². The number of rotatable bonds is 15. The van der Waals surface area contributed by atoms with E-state index in [1.165, 1.54) is 74.8 Å². The number of nitrogens with two attached hydrogens (primary N) is 2. The molecule has 2 saturated heterocycles. The third-order valence-electron chi connectivity index (χ3n) is 33.6. The number of halogens is 6. The summed E-state index contributed by atoms with van der Waals surface area (Å²) in [6.45, 7) is 8.93. The average molecular weight is 1840 g/mol. The molecular formula is C104H112F6N4O19. The summed E-state index contributed by atoms with van der Waals surface area (Å²) in [5.41, 5.74) is 0.973. The van der Waals surface area contributed by atoms with Crippen molar-refractivity contribution >= 4 is 75.1 Å². The van der Waals surface area contributed by atoms with Crippen LogP contribution in [0.25, 0.3) is 0 Å². The molecule has 12 aliphatic carbocycles. The number of allylic oxidation sites excluding steroid dienone is 12. The van der Waals surface area contributed by atoms with Gasteiger partial charge in [-0.05, 0) is 235 Å². The van der Waals surface area contributed by atoms with E-state index in [4.69, 9.17) is 30.4 Å². The van der Waals surface area contributed by atoms with E-state index < -0.39 is 224 Å². The zero-order valence-electron chi connectivity index (χ0n) is 74.6. The van der Waals surface area contributed by atoms with Crippen LogP contribution in [0.1, 0.15) is 150 Å². The van der Waals surface area contributed by atoms with Gasteiger partial charge in [-0.3, -0.25) is 33.6 Å². The summed E-state index contributed by atoms with van der Waals surface area (Å²) >= 11 is 0. The lowest BCUT2D eigenvalue weighted by Gasteiger charge is -2.63. The van der Waals surface area contributed by atoms with Crippen LogP contribution in [0, 0.1) is 74.9 Å². The van der Waals surface area contributed by atoms with E-state index in [0.29, 0.717) is 22.5 Å². The van der Waals surface area contributed by atoms with Gasteiger partial charge in [-0.15, -0.1) is 0 Å². The van der Waals surface area contributed by atoms with Crippen LogP contribution in [-0.2, 0) is 54.1 Å². The lowest BCUT2D eigenvalue weighted by Crippen LogP contribution is -2.70. The number of aryl methyl sites for hydroxylation is 1. The maximum atomic E-state index is 17.5. The molecule has 9 saturated carbocycles. The third-order valence-corrected chi connectivity index (χ3v) is 33.6. The smallest absolute Gasteiger partial charge is 0.193 e. The summed E-state index contributed by atoms with van der Waals surface area (Å²) in [5.74, 6) is -8.64. The van der Waals surface area contributed by atoms with Crippen molar-refractivity contribution in [1.82, 2.24) is 0 Å². The summed E-state index contributed by atoms with van der Waals surface area (Å²) in [6.07, 6.45) is -3.41. The number of nitrogen functional groups attached to an aromatic ring is 2. The Bertz CT molecular complexity index is 5620. The van der Waals surface area contributed by atoms with Crippen molar-refractivity contribution in [3.63, 3.8) is 0 Å². The molecule has 14 N–H and O–H groups in total. The molecule has 704 valence electrons. The molecule has 11 fully saturated rings. The van der Waals surface area contributed by atoms with Gasteiger partial charge in [0.05, 0.1) is 36.6 Å². The van der Waals surface area contributed by atoms with Crippen LogP contribution in [-0.4, -0.2) is 191 Å². The number of benzene rings is 6. The summed E-state index contributed by atoms with van der Waals surface area (Å²) in [5, 5.41) is 92.1. The minimum atomic E-state index is -2.37. The number of ether oxygens (including phenoxy) is 4. The van der Waals surface area contributed by atoms with Crippen molar-refractivity contribution in [2.45, 2.75) is 214 Å². The van der Waals surface area contributed by atoms with Crippen molar-refractivity contribution < 1.29 is 120 Å². The molecule has 14 aliphatic rings. The second-order valence-corrected chi connectivity index (χ2v) is 40.2. The van der Waals surface area contributed by atoms with Crippen molar-refractivity contribution in [2.75, 3.05) is 41.9 Å². The fourth-order valence-electron chi connectivity index (χ4n) is 27.1. The summed E-state index contributed by atoms with van der Waals surface area (Å²) in [6, 6.07) is 45.5. The number of aldehydes is 1. The van der Waals surface area contributed by atoms with E-state index in [1.54, 1.807) is 50.2 Å². The predicted octanol–water partition coefficient (Wildman–Crippen LogP) is 13.3. The van der Waals surface area contributed by atoms with Gasteiger partial charge >= 0.3 is 0 Å². The second kappa shape index (κ2) is 33.9. The Morgan fingerprint density at radius 2 is 0.812 bits per heavy atom. The highest BCUT2D eigenvalue weighted by Gasteiger charge is 2.83. The molecule has 29 atom stereocenters. The Morgan fingerprint density at radius 1 is 0.444 bits per heavy atom. The van der Waals surface area contributed by atoms with Crippen LogP contribution < -0.4 is 22.1 Å². The molecule has 6 aromatic carbocycles. The number of hydrogen-bond donors (Lipinski definition) is 12. The number of ketones is 6. The van der Waals surface area contributed by atoms with Crippen molar-refractivity contribution in [1.29, 1.82) is 0 Å². The van der Waals surface area contributed by atoms with Crippen molar-refractivity contribution in [2.24, 2.45) is 68.0 Å². The number of carbonyl (C=O) groups is 7. The highest BCUT2D eigenvalue weighted by atomic mass is 19.2. The minimum absolute atomic E-state index is 0.0216. The largest absolute Gasteiger partial charge is 0.399 e. The summed E-state index contributed by atoms with van der Waals surface area (Å²) < 4.78 is 124. The maximum absolute atomic E-state index is 17.5. The van der Waals surface area contributed by atoms with E-state index >= 15 is 26.3 Å². The molecule has 0 unspecified atom stereocenters. The zero-order chi connectivity index (χ0) is 95.4. The van der Waals surface area contributed by atoms with Crippen LogP contribution in [0.4, 0.5) is 60.5 Å². The Balaban J connectivity index is 0.000000131. The van der Waals surface area contributed by atoms with E-state index in [1.807, 2.05) is 84.9 Å².